The van der Waals surface area contributed by atoms with Crippen molar-refractivity contribution < 1.29 is 19.8 Å². The molecule has 5 aromatic heterocycles. The molecular formula is C36H24O4S5. The lowest BCUT2D eigenvalue weighted by molar-refractivity contribution is -0.136. The largest absolute Gasteiger partial charge is 0.481 e. The van der Waals surface area contributed by atoms with E-state index in [2.05, 4.69) is 67.6 Å². The van der Waals surface area contributed by atoms with E-state index < -0.39 is 11.9 Å². The topological polar surface area (TPSA) is 74.6 Å². The number of carboxylic acids is 2. The Morgan fingerprint density at radius 2 is 1.04 bits per heavy atom. The van der Waals surface area contributed by atoms with Crippen LogP contribution in [0.1, 0.15) is 21.5 Å². The minimum atomic E-state index is -0.947. The van der Waals surface area contributed by atoms with Gasteiger partial charge in [0.25, 0.3) is 0 Å². The number of thiophene rings is 5. The number of aryl methyl sites for hydroxylation is 1. The number of rotatable bonds is 9. The fourth-order valence-corrected chi connectivity index (χ4v) is 11.0. The summed E-state index contributed by atoms with van der Waals surface area (Å²) < 4.78 is 0. The number of carboxylic acid groups (broad SMARTS) is 2. The average molecular weight is 681 g/mol. The van der Waals surface area contributed by atoms with Gasteiger partial charge in [0.05, 0.1) is 12.0 Å². The molecule has 0 aliphatic rings. The summed E-state index contributed by atoms with van der Waals surface area (Å²) in [5, 5.41) is 18.9. The van der Waals surface area contributed by atoms with Crippen molar-refractivity contribution in [2.24, 2.45) is 0 Å². The normalized spacial score (nSPS) is 11.2. The van der Waals surface area contributed by atoms with Gasteiger partial charge in [-0.2, -0.15) is 0 Å². The molecule has 7 aromatic rings. The van der Waals surface area contributed by atoms with Gasteiger partial charge in [-0.25, -0.2) is 4.79 Å². The highest BCUT2D eigenvalue weighted by Gasteiger charge is 2.20. The zero-order valence-electron chi connectivity index (χ0n) is 23.8. The van der Waals surface area contributed by atoms with Crippen molar-refractivity contribution >= 4 is 68.6 Å². The van der Waals surface area contributed by atoms with E-state index in [0.29, 0.717) is 0 Å². The minimum Gasteiger partial charge on any atom is -0.481 e. The summed E-state index contributed by atoms with van der Waals surface area (Å²) in [6.07, 6.45) is -0.0434. The molecule has 5 heterocycles. The first kappa shape index (κ1) is 29.6. The summed E-state index contributed by atoms with van der Waals surface area (Å²) in [7, 11) is 0. The van der Waals surface area contributed by atoms with Crippen molar-refractivity contribution in [2.45, 2.75) is 13.3 Å². The Balaban J connectivity index is 1.18. The molecule has 0 bridgehead atoms. The first-order valence-electron chi connectivity index (χ1n) is 14.0. The summed E-state index contributed by atoms with van der Waals surface area (Å²) in [6.45, 7) is 2.16. The number of aliphatic carboxylic acids is 1. The van der Waals surface area contributed by atoms with Crippen molar-refractivity contribution in [1.29, 1.82) is 0 Å². The van der Waals surface area contributed by atoms with E-state index in [-0.39, 0.29) is 12.0 Å². The number of benzene rings is 2. The van der Waals surface area contributed by atoms with Gasteiger partial charge in [0.1, 0.15) is 0 Å². The van der Waals surface area contributed by atoms with Crippen LogP contribution in [-0.4, -0.2) is 22.2 Å². The maximum absolute atomic E-state index is 11.8. The highest BCUT2D eigenvalue weighted by Crippen LogP contribution is 2.48. The fourth-order valence-electron chi connectivity index (χ4n) is 5.11. The number of aromatic carboxylic acids is 1. The lowest BCUT2D eigenvalue weighted by Gasteiger charge is -1.98. The van der Waals surface area contributed by atoms with Crippen molar-refractivity contribution in [2.75, 3.05) is 0 Å². The monoisotopic (exact) mass is 680 g/mol. The predicted molar refractivity (Wildman–Crippen MR) is 191 cm³/mol. The molecule has 4 nitrogen and oxygen atoms in total. The second kappa shape index (κ2) is 12.3. The standard InChI is InChI=1S/C36H24O4S5/c1-20-17-31(27-13-11-25(41-27)21-5-3-2-4-6-21)44-34(20)29-15-16-30(43-29)35-24(19-33(37)38)18-32(45-35)28-14-12-26(42-28)22-7-9-23(10-8-22)36(39)40/h2-18H,19H2,1H3,(H,37,38)(H,39,40). The third kappa shape index (κ3) is 6.10. The van der Waals surface area contributed by atoms with Gasteiger partial charge in [-0.05, 0) is 89.8 Å². The zero-order chi connectivity index (χ0) is 31.1. The van der Waals surface area contributed by atoms with Crippen LogP contribution in [0.25, 0.3) is 59.9 Å². The average Bonchev–Trinajstić information content (AvgIpc) is 3.86. The summed E-state index contributed by atoms with van der Waals surface area (Å²) >= 11 is 8.55. The molecule has 2 N–H and O–H groups in total. The quantitative estimate of drug-likeness (QED) is 0.159. The van der Waals surface area contributed by atoms with Gasteiger partial charge in [-0.1, -0.05) is 42.5 Å². The van der Waals surface area contributed by atoms with Crippen molar-refractivity contribution in [3.8, 4) is 59.9 Å². The van der Waals surface area contributed by atoms with Crippen molar-refractivity contribution in [3.63, 3.8) is 0 Å². The number of hydrogen-bond acceptors (Lipinski definition) is 7. The molecule has 0 aliphatic carbocycles. The third-order valence-corrected chi connectivity index (χ3v) is 13.8. The molecule has 0 amide bonds. The van der Waals surface area contributed by atoms with Gasteiger partial charge in [0, 0.05) is 48.8 Å². The van der Waals surface area contributed by atoms with Crippen molar-refractivity contribution in [3.05, 3.63) is 120 Å². The van der Waals surface area contributed by atoms with E-state index in [1.54, 1.807) is 68.8 Å². The smallest absolute Gasteiger partial charge is 0.335 e. The minimum absolute atomic E-state index is 0.0434. The van der Waals surface area contributed by atoms with Crippen LogP contribution < -0.4 is 0 Å². The van der Waals surface area contributed by atoms with Gasteiger partial charge < -0.3 is 10.2 Å². The molecule has 0 saturated carbocycles. The molecule has 9 heteroatoms. The summed E-state index contributed by atoms with van der Waals surface area (Å²) in [4.78, 5) is 34.4. The Labute approximate surface area is 279 Å². The van der Waals surface area contributed by atoms with Crippen LogP contribution in [0, 0.1) is 6.92 Å². The molecule has 0 saturated heterocycles. The van der Waals surface area contributed by atoms with Crippen LogP contribution in [-0.2, 0) is 11.2 Å². The van der Waals surface area contributed by atoms with E-state index in [1.807, 2.05) is 30.3 Å². The molecule has 222 valence electrons. The molecule has 0 radical (unpaired) electrons. The zero-order valence-corrected chi connectivity index (χ0v) is 27.9. The highest BCUT2D eigenvalue weighted by molar-refractivity contribution is 7.30. The number of carbonyl (C=O) groups is 2. The summed E-state index contributed by atoms with van der Waals surface area (Å²) in [6, 6.07) is 34.3. The maximum atomic E-state index is 11.8. The van der Waals surface area contributed by atoms with E-state index in [4.69, 9.17) is 0 Å². The van der Waals surface area contributed by atoms with Gasteiger partial charge >= 0.3 is 11.9 Å². The SMILES string of the molecule is Cc1cc(-c2ccc(-c3ccccc3)s2)sc1-c1ccc(-c2sc(-c3ccc(-c4ccc(C(=O)O)cc4)s3)cc2CC(=O)O)s1. The first-order valence-corrected chi connectivity index (χ1v) is 18.1. The first-order chi connectivity index (χ1) is 21.8. The van der Waals surface area contributed by atoms with Crippen LogP contribution in [0.3, 0.4) is 0 Å². The lowest BCUT2D eigenvalue weighted by atomic mass is 10.1. The Hall–Kier alpha value is -4.12. The Morgan fingerprint density at radius 3 is 1.67 bits per heavy atom. The second-order valence-electron chi connectivity index (χ2n) is 10.4. The van der Waals surface area contributed by atoms with Crippen LogP contribution in [0.5, 0.6) is 0 Å². The summed E-state index contributed by atoms with van der Waals surface area (Å²) in [5.41, 5.74) is 4.48. The maximum Gasteiger partial charge on any atom is 0.335 e. The Kier molecular flexibility index (Phi) is 8.12. The molecule has 7 rings (SSSR count). The van der Waals surface area contributed by atoms with E-state index >= 15 is 0 Å². The molecule has 0 atom stereocenters. The predicted octanol–water partition coefficient (Wildman–Crippen LogP) is 11.6. The summed E-state index contributed by atoms with van der Waals surface area (Å²) in [5.74, 6) is -1.80. The van der Waals surface area contributed by atoms with Gasteiger partial charge in [0.2, 0.25) is 0 Å². The molecule has 0 aliphatic heterocycles. The lowest BCUT2D eigenvalue weighted by Crippen LogP contribution is -1.99. The Morgan fingerprint density at radius 1 is 0.533 bits per heavy atom. The van der Waals surface area contributed by atoms with Crippen LogP contribution in [0.2, 0.25) is 0 Å². The van der Waals surface area contributed by atoms with E-state index in [1.165, 1.54) is 35.5 Å². The second-order valence-corrected chi connectivity index (χ2v) is 15.8. The number of hydrogen-bond donors (Lipinski definition) is 2. The van der Waals surface area contributed by atoms with Gasteiger partial charge in [-0.3, -0.25) is 4.79 Å². The van der Waals surface area contributed by atoms with E-state index in [9.17, 15) is 19.8 Å². The molecule has 0 spiro atoms. The third-order valence-electron chi connectivity index (χ3n) is 7.29. The molecular weight excluding hydrogens is 657 g/mol. The van der Waals surface area contributed by atoms with E-state index in [0.717, 1.165) is 35.5 Å². The molecule has 45 heavy (non-hydrogen) atoms. The van der Waals surface area contributed by atoms with Gasteiger partial charge in [-0.15, -0.1) is 56.7 Å². The Bertz CT molecular complexity index is 2160. The van der Waals surface area contributed by atoms with Crippen LogP contribution in [0.15, 0.2) is 103 Å². The fraction of sp³-hybridized carbons (Fsp3) is 0.0556. The van der Waals surface area contributed by atoms with Crippen molar-refractivity contribution in [1.82, 2.24) is 0 Å². The molecule has 0 unspecified atom stereocenters. The molecule has 2 aromatic carbocycles. The molecule has 0 fully saturated rings. The van der Waals surface area contributed by atoms with Gasteiger partial charge in [0.15, 0.2) is 0 Å². The van der Waals surface area contributed by atoms with Crippen LogP contribution >= 0.6 is 56.7 Å². The van der Waals surface area contributed by atoms with Crippen LogP contribution in [0.4, 0.5) is 0 Å². The highest BCUT2D eigenvalue weighted by atomic mass is 32.1.